The van der Waals surface area contributed by atoms with Gasteiger partial charge < -0.3 is 4.74 Å². The summed E-state index contributed by atoms with van der Waals surface area (Å²) in [5, 5.41) is 3.13. The van der Waals surface area contributed by atoms with E-state index in [0.29, 0.717) is 21.4 Å². The first-order valence-electron chi connectivity index (χ1n) is 8.56. The molecule has 6 nitrogen and oxygen atoms in total. The maximum atomic E-state index is 12.6. The number of halogens is 2. The number of para-hydroxylation sites is 1. The highest BCUT2D eigenvalue weighted by Gasteiger charge is 2.35. The Morgan fingerprint density at radius 2 is 1.86 bits per heavy atom. The van der Waals surface area contributed by atoms with Crippen molar-refractivity contribution in [2.75, 3.05) is 6.54 Å². The first kappa shape index (κ1) is 20.6. The van der Waals surface area contributed by atoms with Gasteiger partial charge in [0.15, 0.2) is 0 Å². The molecule has 0 radical (unpaired) electrons. The lowest BCUT2D eigenvalue weighted by Crippen LogP contribution is -2.54. The largest absolute Gasteiger partial charge is 0.488 e. The summed E-state index contributed by atoms with van der Waals surface area (Å²) in [6.07, 6.45) is 2.79. The molecule has 2 aromatic rings. The predicted octanol–water partition coefficient (Wildman–Crippen LogP) is 4.22. The quantitative estimate of drug-likeness (QED) is 0.422. The number of carbonyl (C=O) groups excluding carboxylic acids is 3. The van der Waals surface area contributed by atoms with E-state index in [2.05, 4.69) is 11.9 Å². The first-order chi connectivity index (χ1) is 13.9. The zero-order chi connectivity index (χ0) is 21.0. The lowest BCUT2D eigenvalue weighted by molar-refractivity contribution is -0.129. The topological polar surface area (TPSA) is 75.7 Å². The van der Waals surface area contributed by atoms with Crippen LogP contribution in [0.2, 0.25) is 10.0 Å². The Balaban J connectivity index is 1.87. The van der Waals surface area contributed by atoms with Crippen LogP contribution in [0.1, 0.15) is 11.1 Å². The van der Waals surface area contributed by atoms with Crippen molar-refractivity contribution < 1.29 is 19.1 Å². The number of hydrogen-bond acceptors (Lipinski definition) is 4. The SMILES string of the molecule is C=CCN1C(=O)NC(=O)C(=Cc2ccccc2OCc2ccc(Cl)cc2Cl)C1=O. The summed E-state index contributed by atoms with van der Waals surface area (Å²) in [6.45, 7) is 3.67. The van der Waals surface area contributed by atoms with Gasteiger partial charge in [0.2, 0.25) is 0 Å². The highest BCUT2D eigenvalue weighted by atomic mass is 35.5. The van der Waals surface area contributed by atoms with Crippen LogP contribution in [0, 0.1) is 0 Å². The van der Waals surface area contributed by atoms with Crippen molar-refractivity contribution in [2.45, 2.75) is 6.61 Å². The van der Waals surface area contributed by atoms with E-state index in [9.17, 15) is 14.4 Å². The summed E-state index contributed by atoms with van der Waals surface area (Å²) < 4.78 is 5.84. The van der Waals surface area contributed by atoms with Gasteiger partial charge in [-0.05, 0) is 24.3 Å². The second kappa shape index (κ2) is 8.94. The minimum absolute atomic E-state index is 0.0114. The number of barbiturate groups is 1. The highest BCUT2D eigenvalue weighted by molar-refractivity contribution is 6.35. The van der Waals surface area contributed by atoms with E-state index in [1.807, 2.05) is 0 Å². The standard InChI is InChI=1S/C21H16Cl2N2O4/c1-2-9-25-20(27)16(19(26)24-21(25)28)10-13-5-3-4-6-18(13)29-12-14-7-8-15(22)11-17(14)23/h2-8,10-11H,1,9,12H2,(H,24,26,28). The van der Waals surface area contributed by atoms with Crippen molar-refractivity contribution in [3.63, 3.8) is 0 Å². The molecule has 0 spiro atoms. The van der Waals surface area contributed by atoms with Crippen LogP contribution in [0.4, 0.5) is 4.79 Å². The number of nitrogens with one attached hydrogen (secondary N) is 1. The smallest absolute Gasteiger partial charge is 0.331 e. The fraction of sp³-hybridized carbons (Fsp3) is 0.0952. The molecule has 0 saturated carbocycles. The van der Waals surface area contributed by atoms with E-state index in [0.717, 1.165) is 10.5 Å². The lowest BCUT2D eigenvalue weighted by atomic mass is 10.1. The number of benzene rings is 2. The average molecular weight is 431 g/mol. The van der Waals surface area contributed by atoms with Gasteiger partial charge >= 0.3 is 6.03 Å². The maximum absolute atomic E-state index is 12.6. The Kier molecular flexibility index (Phi) is 6.36. The summed E-state index contributed by atoms with van der Waals surface area (Å²) >= 11 is 12.1. The Morgan fingerprint density at radius 3 is 2.59 bits per heavy atom. The van der Waals surface area contributed by atoms with E-state index in [4.69, 9.17) is 27.9 Å². The van der Waals surface area contributed by atoms with E-state index in [-0.39, 0.29) is 18.7 Å². The fourth-order valence-corrected chi connectivity index (χ4v) is 3.13. The summed E-state index contributed by atoms with van der Waals surface area (Å²) in [7, 11) is 0. The van der Waals surface area contributed by atoms with Gasteiger partial charge in [0.05, 0.1) is 0 Å². The van der Waals surface area contributed by atoms with Gasteiger partial charge in [0.1, 0.15) is 17.9 Å². The Hall–Kier alpha value is -3.09. The van der Waals surface area contributed by atoms with Gasteiger partial charge in [-0.15, -0.1) is 6.58 Å². The molecule has 0 unspecified atom stereocenters. The van der Waals surface area contributed by atoms with E-state index >= 15 is 0 Å². The summed E-state index contributed by atoms with van der Waals surface area (Å²) in [6, 6.07) is 11.2. The van der Waals surface area contributed by atoms with E-state index in [1.165, 1.54) is 12.2 Å². The van der Waals surface area contributed by atoms with Crippen LogP contribution in [-0.4, -0.2) is 29.3 Å². The van der Waals surface area contributed by atoms with Crippen molar-refractivity contribution >= 4 is 47.1 Å². The molecule has 1 aliphatic rings. The second-order valence-electron chi connectivity index (χ2n) is 6.08. The third-order valence-corrected chi connectivity index (χ3v) is 4.70. The molecule has 1 heterocycles. The minimum atomic E-state index is -0.779. The average Bonchev–Trinajstić information content (AvgIpc) is 2.68. The molecular formula is C21H16Cl2N2O4. The zero-order valence-electron chi connectivity index (χ0n) is 15.2. The maximum Gasteiger partial charge on any atom is 0.331 e. The summed E-state index contributed by atoms with van der Waals surface area (Å²) in [5.41, 5.74) is 1.06. The van der Waals surface area contributed by atoms with E-state index in [1.54, 1.807) is 42.5 Å². The summed E-state index contributed by atoms with van der Waals surface area (Å²) in [5.74, 6) is -1.02. The number of carbonyl (C=O) groups is 3. The van der Waals surface area contributed by atoms with Gasteiger partial charge in [-0.25, -0.2) is 4.79 Å². The molecule has 1 fully saturated rings. The third-order valence-electron chi connectivity index (χ3n) is 4.11. The number of nitrogens with zero attached hydrogens (tertiary/aromatic N) is 1. The van der Waals surface area contributed by atoms with Crippen LogP contribution in [0.25, 0.3) is 6.08 Å². The number of hydrogen-bond donors (Lipinski definition) is 1. The van der Waals surface area contributed by atoms with Gasteiger partial charge in [-0.2, -0.15) is 0 Å². The predicted molar refractivity (Wildman–Crippen MR) is 111 cm³/mol. The van der Waals surface area contributed by atoms with Crippen LogP contribution >= 0.6 is 23.2 Å². The molecule has 148 valence electrons. The van der Waals surface area contributed by atoms with Gasteiger partial charge in [-0.3, -0.25) is 19.8 Å². The van der Waals surface area contributed by atoms with Crippen molar-refractivity contribution in [3.05, 3.63) is 81.9 Å². The van der Waals surface area contributed by atoms with Crippen LogP contribution in [0.15, 0.2) is 60.7 Å². The lowest BCUT2D eigenvalue weighted by Gasteiger charge is -2.25. The second-order valence-corrected chi connectivity index (χ2v) is 6.93. The number of ether oxygens (including phenoxy) is 1. The number of urea groups is 1. The molecule has 0 bridgehead atoms. The molecule has 2 aromatic carbocycles. The van der Waals surface area contributed by atoms with Crippen LogP contribution in [-0.2, 0) is 16.2 Å². The molecule has 1 N–H and O–H groups in total. The Morgan fingerprint density at radius 1 is 1.10 bits per heavy atom. The Bertz CT molecular complexity index is 1030. The zero-order valence-corrected chi connectivity index (χ0v) is 16.7. The van der Waals surface area contributed by atoms with Gasteiger partial charge in [0.25, 0.3) is 11.8 Å². The molecule has 0 aromatic heterocycles. The summed E-state index contributed by atoms with van der Waals surface area (Å²) in [4.78, 5) is 37.5. The van der Waals surface area contributed by atoms with Crippen molar-refractivity contribution in [1.82, 2.24) is 10.2 Å². The monoisotopic (exact) mass is 430 g/mol. The van der Waals surface area contributed by atoms with Crippen LogP contribution in [0.3, 0.4) is 0 Å². The van der Waals surface area contributed by atoms with Crippen LogP contribution in [0.5, 0.6) is 5.75 Å². The van der Waals surface area contributed by atoms with E-state index < -0.39 is 17.8 Å². The molecule has 3 rings (SSSR count). The highest BCUT2D eigenvalue weighted by Crippen LogP contribution is 2.26. The third kappa shape index (κ3) is 4.67. The first-order valence-corrected chi connectivity index (χ1v) is 9.32. The normalized spacial score (nSPS) is 15.4. The van der Waals surface area contributed by atoms with Gasteiger partial charge in [0, 0.05) is 27.7 Å². The molecule has 4 amide bonds. The van der Waals surface area contributed by atoms with Crippen LogP contribution < -0.4 is 10.1 Å². The fourth-order valence-electron chi connectivity index (χ4n) is 2.67. The molecule has 0 aliphatic carbocycles. The molecular weight excluding hydrogens is 415 g/mol. The van der Waals surface area contributed by atoms with Crippen molar-refractivity contribution in [1.29, 1.82) is 0 Å². The number of rotatable bonds is 6. The molecule has 8 heteroatoms. The van der Waals surface area contributed by atoms with Crippen molar-refractivity contribution in [2.24, 2.45) is 0 Å². The molecule has 1 saturated heterocycles. The Labute approximate surface area is 177 Å². The molecule has 0 atom stereocenters. The number of imide groups is 2. The van der Waals surface area contributed by atoms with Gasteiger partial charge in [-0.1, -0.05) is 53.5 Å². The molecule has 1 aliphatic heterocycles. The number of amides is 4. The molecule has 29 heavy (non-hydrogen) atoms. The minimum Gasteiger partial charge on any atom is -0.488 e. The van der Waals surface area contributed by atoms with Crippen molar-refractivity contribution in [3.8, 4) is 5.75 Å².